The van der Waals surface area contributed by atoms with Gasteiger partial charge in [-0.3, -0.25) is 10.1 Å². The monoisotopic (exact) mass is 428 g/mol. The summed E-state index contributed by atoms with van der Waals surface area (Å²) in [5.41, 5.74) is -2.04. The molecular formula is C19H19F3N2O6. The first-order valence-corrected chi connectivity index (χ1v) is 8.76. The molecule has 11 heteroatoms. The molecule has 0 aliphatic carbocycles. The molecule has 0 aliphatic rings. The largest absolute Gasteiger partial charge is 0.445 e. The normalized spacial score (nSPS) is 13.4. The van der Waals surface area contributed by atoms with Crippen LogP contribution in [0.1, 0.15) is 29.2 Å². The van der Waals surface area contributed by atoms with Gasteiger partial charge in [-0.05, 0) is 18.1 Å². The van der Waals surface area contributed by atoms with Gasteiger partial charge in [0.05, 0.1) is 16.6 Å². The lowest BCUT2D eigenvalue weighted by molar-refractivity contribution is -0.385. The van der Waals surface area contributed by atoms with Crippen molar-refractivity contribution in [3.05, 3.63) is 75.3 Å². The minimum Gasteiger partial charge on any atom is -0.445 e. The Morgan fingerprint density at radius 1 is 1.17 bits per heavy atom. The number of carbonyl (C=O) groups is 1. The minimum atomic E-state index is -4.88. The number of rotatable bonds is 8. The highest BCUT2D eigenvalue weighted by Gasteiger charge is 2.37. The molecule has 2 aromatic carbocycles. The number of nitro groups is 1. The van der Waals surface area contributed by atoms with Crippen molar-refractivity contribution in [1.82, 2.24) is 5.32 Å². The second-order valence-electron chi connectivity index (χ2n) is 6.32. The summed E-state index contributed by atoms with van der Waals surface area (Å²) in [6.45, 7) is -0.206. The maximum atomic E-state index is 13.2. The third-order valence-electron chi connectivity index (χ3n) is 4.16. The van der Waals surface area contributed by atoms with Crippen LogP contribution >= 0.6 is 0 Å². The first-order valence-electron chi connectivity index (χ1n) is 8.76. The van der Waals surface area contributed by atoms with E-state index in [9.17, 15) is 38.3 Å². The summed E-state index contributed by atoms with van der Waals surface area (Å²) >= 11 is 0. The fraction of sp³-hybridized carbons (Fsp3) is 0.316. The van der Waals surface area contributed by atoms with Crippen LogP contribution in [0.25, 0.3) is 0 Å². The summed E-state index contributed by atoms with van der Waals surface area (Å²) in [4.78, 5) is 21.6. The lowest BCUT2D eigenvalue weighted by Gasteiger charge is -2.22. The summed E-state index contributed by atoms with van der Waals surface area (Å²) in [7, 11) is 0. The molecule has 0 heterocycles. The van der Waals surface area contributed by atoms with Crippen molar-refractivity contribution in [3.8, 4) is 0 Å². The Bertz CT molecular complexity index is 876. The number of hydrogen-bond donors (Lipinski definition) is 3. The lowest BCUT2D eigenvalue weighted by atomic mass is 9.96. The topological polar surface area (TPSA) is 122 Å². The van der Waals surface area contributed by atoms with Gasteiger partial charge >= 0.3 is 12.3 Å². The highest BCUT2D eigenvalue weighted by Crippen LogP contribution is 2.37. The number of benzene rings is 2. The number of carbonyl (C=O) groups excluding carboxylic acids is 1. The Morgan fingerprint density at radius 3 is 2.43 bits per heavy atom. The van der Waals surface area contributed by atoms with Gasteiger partial charge in [0.1, 0.15) is 12.7 Å². The van der Waals surface area contributed by atoms with E-state index in [-0.39, 0.29) is 19.6 Å². The maximum absolute atomic E-state index is 13.2. The number of nitro benzene ring substituents is 1. The van der Waals surface area contributed by atoms with Gasteiger partial charge in [0, 0.05) is 24.2 Å². The molecule has 1 amide bonds. The van der Waals surface area contributed by atoms with Crippen molar-refractivity contribution in [1.29, 1.82) is 0 Å². The third-order valence-corrected chi connectivity index (χ3v) is 4.16. The number of hydrogen-bond acceptors (Lipinski definition) is 6. The molecule has 8 nitrogen and oxygen atoms in total. The Morgan fingerprint density at radius 2 is 1.83 bits per heavy atom. The zero-order chi connectivity index (χ0) is 22.3. The average molecular weight is 428 g/mol. The van der Waals surface area contributed by atoms with Crippen molar-refractivity contribution in [3.63, 3.8) is 0 Å². The van der Waals surface area contributed by atoms with Crippen LogP contribution in [0.5, 0.6) is 0 Å². The van der Waals surface area contributed by atoms with E-state index in [1.54, 1.807) is 30.3 Å². The van der Waals surface area contributed by atoms with Crippen LogP contribution in [0.2, 0.25) is 0 Å². The van der Waals surface area contributed by atoms with Crippen LogP contribution in [0.3, 0.4) is 0 Å². The zero-order valence-electron chi connectivity index (χ0n) is 15.5. The minimum absolute atomic E-state index is 0.000474. The molecule has 2 unspecified atom stereocenters. The van der Waals surface area contributed by atoms with Crippen LogP contribution in [-0.4, -0.2) is 33.9 Å². The second kappa shape index (κ2) is 10.0. The molecule has 30 heavy (non-hydrogen) atoms. The van der Waals surface area contributed by atoms with Gasteiger partial charge in [-0.1, -0.05) is 30.3 Å². The molecule has 2 aromatic rings. The van der Waals surface area contributed by atoms with Crippen molar-refractivity contribution in [2.45, 2.75) is 31.4 Å². The van der Waals surface area contributed by atoms with Gasteiger partial charge in [0.15, 0.2) is 0 Å². The molecule has 0 aromatic heterocycles. The molecule has 2 atom stereocenters. The van der Waals surface area contributed by atoms with E-state index < -0.39 is 46.2 Å². The van der Waals surface area contributed by atoms with Crippen LogP contribution in [0.4, 0.5) is 23.7 Å². The fourth-order valence-corrected chi connectivity index (χ4v) is 2.63. The molecule has 3 N–H and O–H groups in total. The molecule has 162 valence electrons. The van der Waals surface area contributed by atoms with E-state index in [1.165, 1.54) is 0 Å². The molecular weight excluding hydrogens is 409 g/mol. The van der Waals surface area contributed by atoms with Crippen molar-refractivity contribution < 1.29 is 37.8 Å². The number of alkyl halides is 3. The van der Waals surface area contributed by atoms with E-state index in [2.05, 4.69) is 5.32 Å². The molecule has 0 aliphatic heterocycles. The fourth-order valence-electron chi connectivity index (χ4n) is 2.63. The third kappa shape index (κ3) is 6.42. The predicted octanol–water partition coefficient (Wildman–Crippen LogP) is 3.32. The summed E-state index contributed by atoms with van der Waals surface area (Å²) in [6.07, 6.45) is -9.79. The van der Waals surface area contributed by atoms with Crippen molar-refractivity contribution in [2.75, 3.05) is 6.54 Å². The standard InChI is InChI=1S/C19H19F3N2O6/c20-19(21,22)15-7-6-13(24(28)29)10-14(15)17(26)16(25)8-9-23-18(27)30-11-12-4-2-1-3-5-12/h1-7,10,16-17,25-26H,8-9,11H2,(H,23,27). The molecule has 0 fully saturated rings. The van der Waals surface area contributed by atoms with Gasteiger partial charge in [-0.15, -0.1) is 0 Å². The number of aliphatic hydroxyl groups excluding tert-OH is 2. The summed E-state index contributed by atoms with van der Waals surface area (Å²) in [5.74, 6) is 0. The van der Waals surface area contributed by atoms with Gasteiger partial charge < -0.3 is 20.3 Å². The highest BCUT2D eigenvalue weighted by molar-refractivity contribution is 5.67. The van der Waals surface area contributed by atoms with Crippen LogP contribution in [0.15, 0.2) is 48.5 Å². The van der Waals surface area contributed by atoms with E-state index in [1.807, 2.05) is 0 Å². The summed E-state index contributed by atoms with van der Waals surface area (Å²) in [5, 5.41) is 33.3. The van der Waals surface area contributed by atoms with Gasteiger partial charge in [0.2, 0.25) is 0 Å². The SMILES string of the molecule is O=C(NCCC(O)C(O)c1cc([N+](=O)[O-])ccc1C(F)(F)F)OCc1ccccc1. The molecule has 0 bridgehead atoms. The smallest absolute Gasteiger partial charge is 0.416 e. The average Bonchev–Trinajstić information content (AvgIpc) is 2.71. The first-order chi connectivity index (χ1) is 14.1. The molecule has 0 spiro atoms. The number of alkyl carbamates (subject to hydrolysis) is 1. The number of nitrogens with zero attached hydrogens (tertiary/aromatic N) is 1. The van der Waals surface area contributed by atoms with Gasteiger partial charge in [-0.2, -0.15) is 13.2 Å². The van der Waals surface area contributed by atoms with E-state index in [4.69, 9.17) is 4.74 Å². The number of amides is 1. The van der Waals surface area contributed by atoms with E-state index >= 15 is 0 Å². The Hall–Kier alpha value is -3.18. The molecule has 0 radical (unpaired) electrons. The van der Waals surface area contributed by atoms with Crippen LogP contribution < -0.4 is 5.32 Å². The predicted molar refractivity (Wildman–Crippen MR) is 98.3 cm³/mol. The van der Waals surface area contributed by atoms with E-state index in [0.29, 0.717) is 18.2 Å². The zero-order valence-corrected chi connectivity index (χ0v) is 15.5. The maximum Gasteiger partial charge on any atom is 0.416 e. The van der Waals surface area contributed by atoms with Gasteiger partial charge in [0.25, 0.3) is 5.69 Å². The number of aliphatic hydroxyl groups is 2. The van der Waals surface area contributed by atoms with Crippen molar-refractivity contribution >= 4 is 11.8 Å². The van der Waals surface area contributed by atoms with Crippen LogP contribution in [0, 0.1) is 10.1 Å². The second-order valence-corrected chi connectivity index (χ2v) is 6.32. The van der Waals surface area contributed by atoms with Gasteiger partial charge in [-0.25, -0.2) is 4.79 Å². The molecule has 0 saturated heterocycles. The quantitative estimate of drug-likeness (QED) is 0.438. The molecule has 0 saturated carbocycles. The molecule has 2 rings (SSSR count). The number of halogens is 3. The van der Waals surface area contributed by atoms with Crippen molar-refractivity contribution in [2.24, 2.45) is 0 Å². The Balaban J connectivity index is 1.95. The van der Waals surface area contributed by atoms with E-state index in [0.717, 1.165) is 5.56 Å². The summed E-state index contributed by atoms with van der Waals surface area (Å²) in [6, 6.07) is 10.5. The number of nitrogens with one attached hydrogen (secondary N) is 1. The Labute approximate surface area is 169 Å². The number of non-ortho nitro benzene ring substituents is 1. The lowest BCUT2D eigenvalue weighted by Crippen LogP contribution is -2.30. The Kier molecular flexibility index (Phi) is 7.72. The number of ether oxygens (including phenoxy) is 1. The highest BCUT2D eigenvalue weighted by atomic mass is 19.4. The van der Waals surface area contributed by atoms with Crippen LogP contribution in [-0.2, 0) is 17.5 Å². The summed E-state index contributed by atoms with van der Waals surface area (Å²) < 4.78 is 44.4. The first kappa shape index (κ1) is 23.1.